The summed E-state index contributed by atoms with van der Waals surface area (Å²) in [5.74, 6) is 0. The van der Waals surface area contributed by atoms with E-state index in [9.17, 15) is 0 Å². The maximum Gasteiger partial charge on any atom is 1.00 e. The Balaban J connectivity index is -0.0000000113. The first kappa shape index (κ1) is 36.5. The number of hydrogen-bond donors (Lipinski definition) is 7. The van der Waals surface area contributed by atoms with E-state index in [1.807, 2.05) is 0 Å². The van der Waals surface area contributed by atoms with Crippen LogP contribution >= 0.6 is 7.82 Å². The summed E-state index contributed by atoms with van der Waals surface area (Å²) in [5, 5.41) is 13.9. The van der Waals surface area contributed by atoms with Gasteiger partial charge in [-0.1, -0.05) is 0 Å². The van der Waals surface area contributed by atoms with Crippen molar-refractivity contribution in [3.05, 3.63) is 0 Å². The minimum Gasteiger partial charge on any atom is -1.00 e. The van der Waals surface area contributed by atoms with Gasteiger partial charge < -0.3 is 29.2 Å². The summed E-state index contributed by atoms with van der Waals surface area (Å²) in [5.41, 5.74) is 0. The number of carboxylic acid groups (broad SMARTS) is 2. The largest absolute Gasteiger partial charge is 1.00 e. The van der Waals surface area contributed by atoms with Crippen molar-refractivity contribution in [3.8, 4) is 0 Å². The minimum atomic E-state index is -4.67. The smallest absolute Gasteiger partial charge is 1.00 e. The first-order chi connectivity index (χ1) is 5.73. The van der Waals surface area contributed by atoms with Crippen molar-refractivity contribution in [3.63, 3.8) is 0 Å². The van der Waals surface area contributed by atoms with E-state index in [-0.39, 0.29) is 93.0 Å². The Morgan fingerprint density at radius 1 is 0.941 bits per heavy atom. The van der Waals surface area contributed by atoms with Crippen LogP contribution in [-0.4, -0.2) is 48.6 Å². The molecule has 0 aliphatic heterocycles. The maximum atomic E-state index is 8.88. The van der Waals surface area contributed by atoms with Gasteiger partial charge in [0.2, 0.25) is 0 Å². The summed E-state index contributed by atoms with van der Waals surface area (Å²) in [6.45, 7) is 0. The Labute approximate surface area is 167 Å². The maximum absolute atomic E-state index is 8.88. The quantitative estimate of drug-likeness (QED) is 0.126. The van der Waals surface area contributed by atoms with Crippen LogP contribution in [0.15, 0.2) is 0 Å². The molecule has 0 aromatic carbocycles. The zero-order valence-corrected chi connectivity index (χ0v) is 16.8. The molecule has 0 aromatic heterocycles. The Bertz CT molecular complexity index is 284. The van der Waals surface area contributed by atoms with Crippen molar-refractivity contribution in [2.24, 2.45) is 0 Å². The third-order valence-electron chi connectivity index (χ3n) is 0. The Kier molecular flexibility index (Phi) is 39.2. The zero-order chi connectivity index (χ0) is 12.6. The van der Waals surface area contributed by atoms with E-state index in [1.54, 1.807) is 0 Å². The van der Waals surface area contributed by atoms with E-state index in [0.717, 1.165) is 0 Å². The van der Waals surface area contributed by atoms with Gasteiger partial charge >= 0.3 is 113 Å². The SMILES string of the molecule is O=C(O)O.O=P(O)(O)O.O=S(=O)(O)O.[H-].[H-].[H-].[Na+].[Na+].[Na+]. The van der Waals surface area contributed by atoms with Crippen molar-refractivity contribution in [1.82, 2.24) is 0 Å². The van der Waals surface area contributed by atoms with E-state index in [1.165, 1.54) is 0 Å². The summed E-state index contributed by atoms with van der Waals surface area (Å²) in [6.07, 6.45) is -1.83. The first-order valence-corrected chi connectivity index (χ1v) is 5.09. The van der Waals surface area contributed by atoms with Crippen LogP contribution in [0.4, 0.5) is 4.79 Å². The second kappa shape index (κ2) is 18.2. The molecule has 0 unspecified atom stereocenters. The van der Waals surface area contributed by atoms with E-state index in [4.69, 9.17) is 51.8 Å². The summed E-state index contributed by atoms with van der Waals surface area (Å²) in [7, 11) is -9.31. The summed E-state index contributed by atoms with van der Waals surface area (Å²) < 4.78 is 40.5. The Morgan fingerprint density at radius 2 is 0.941 bits per heavy atom. The number of carbonyl (C=O) groups is 1. The normalized spacial score (nSPS) is 8.29. The third-order valence-corrected chi connectivity index (χ3v) is 0. The molecule has 0 aliphatic rings. The molecular weight excluding hydrogens is 320 g/mol. The van der Waals surface area contributed by atoms with Crippen LogP contribution in [0, 0.1) is 0 Å². The van der Waals surface area contributed by atoms with Crippen molar-refractivity contribution < 1.29 is 145 Å². The molecule has 17 heavy (non-hydrogen) atoms. The molecule has 11 nitrogen and oxygen atoms in total. The van der Waals surface area contributed by atoms with Gasteiger partial charge in [-0.3, -0.25) is 9.11 Å². The van der Waals surface area contributed by atoms with Gasteiger partial charge in [0.25, 0.3) is 0 Å². The number of phosphoric acid groups is 1. The van der Waals surface area contributed by atoms with E-state index in [2.05, 4.69) is 0 Å². The standard InChI is InChI=1S/CH2O3.3Na.H3O4P.H2O4S.3H/c2-1(3)4;;;;2*1-5(2,3)4;;;/h(H2,2,3,4);;;;(H3,1,2,3,4);(H2,1,2,3,4);;;/q;3*+1;;;3*-1. The molecule has 0 amide bonds. The van der Waals surface area contributed by atoms with E-state index in [0.29, 0.717) is 0 Å². The molecule has 7 N–H and O–H groups in total. The average molecular weight is 330 g/mol. The van der Waals surface area contributed by atoms with Crippen molar-refractivity contribution in [1.29, 1.82) is 0 Å². The zero-order valence-electron chi connectivity index (χ0n) is 12.1. The molecule has 0 bridgehead atoms. The molecule has 0 heterocycles. The number of rotatable bonds is 0. The molecule has 16 heteroatoms. The van der Waals surface area contributed by atoms with Crippen LogP contribution < -0.4 is 88.7 Å². The summed E-state index contributed by atoms with van der Waals surface area (Å²) in [4.78, 5) is 30.1. The van der Waals surface area contributed by atoms with Crippen LogP contribution in [0.5, 0.6) is 0 Å². The van der Waals surface area contributed by atoms with Gasteiger partial charge in [-0.15, -0.1) is 0 Å². The molecule has 94 valence electrons. The van der Waals surface area contributed by atoms with Crippen LogP contribution in [0.25, 0.3) is 0 Å². The Hall–Kier alpha value is 2.25. The van der Waals surface area contributed by atoms with Gasteiger partial charge in [-0.25, -0.2) is 9.36 Å². The molecule has 0 radical (unpaired) electrons. The molecule has 0 spiro atoms. The molecule has 0 aliphatic carbocycles. The molecule has 0 aromatic rings. The van der Waals surface area contributed by atoms with Crippen molar-refractivity contribution >= 4 is 24.4 Å². The van der Waals surface area contributed by atoms with Crippen LogP contribution in [-0.2, 0) is 15.0 Å². The second-order valence-corrected chi connectivity index (χ2v) is 3.17. The van der Waals surface area contributed by atoms with Crippen LogP contribution in [0.1, 0.15) is 4.28 Å². The third kappa shape index (κ3) is 952. The first-order valence-electron chi connectivity index (χ1n) is 2.13. The topological polar surface area (TPSA) is 210 Å². The molecule has 0 atom stereocenters. The number of hydrogen-bond acceptors (Lipinski definition) is 4. The molecular formula is CH10Na3O11PS. The predicted octanol–water partition coefficient (Wildman–Crippen LogP) is -10.0. The van der Waals surface area contributed by atoms with Gasteiger partial charge in [0.1, 0.15) is 0 Å². The molecule has 0 saturated heterocycles. The fourth-order valence-electron chi connectivity index (χ4n) is 0. The molecule has 0 saturated carbocycles. The fraction of sp³-hybridized carbons (Fsp3) is 0. The van der Waals surface area contributed by atoms with E-state index >= 15 is 0 Å². The van der Waals surface area contributed by atoms with Crippen molar-refractivity contribution in [2.75, 3.05) is 0 Å². The van der Waals surface area contributed by atoms with E-state index < -0.39 is 24.4 Å². The average Bonchev–Trinajstić information content (AvgIpc) is 1.45. The predicted molar refractivity (Wildman–Crippen MR) is 42.4 cm³/mol. The van der Waals surface area contributed by atoms with Gasteiger partial charge in [0.15, 0.2) is 0 Å². The summed E-state index contributed by atoms with van der Waals surface area (Å²) in [6, 6.07) is 0. The monoisotopic (exact) mass is 330 g/mol. The fourth-order valence-corrected chi connectivity index (χ4v) is 0. The van der Waals surface area contributed by atoms with Crippen LogP contribution in [0.2, 0.25) is 0 Å². The minimum absolute atomic E-state index is 0. The van der Waals surface area contributed by atoms with Crippen molar-refractivity contribution in [2.45, 2.75) is 0 Å². The molecule has 0 rings (SSSR count). The van der Waals surface area contributed by atoms with Gasteiger partial charge in [0.05, 0.1) is 0 Å². The summed E-state index contributed by atoms with van der Waals surface area (Å²) >= 11 is 0. The Morgan fingerprint density at radius 3 is 0.941 bits per heavy atom. The van der Waals surface area contributed by atoms with Gasteiger partial charge in [0, 0.05) is 0 Å². The van der Waals surface area contributed by atoms with Gasteiger partial charge in [-0.2, -0.15) is 8.42 Å². The molecule has 0 fully saturated rings. The van der Waals surface area contributed by atoms with Crippen LogP contribution in [0.3, 0.4) is 0 Å². The van der Waals surface area contributed by atoms with Gasteiger partial charge in [-0.05, 0) is 0 Å². The second-order valence-electron chi connectivity index (χ2n) is 1.24.